The number of ether oxygens (including phenoxy) is 1. The molecular weight excluding hydrogens is 286 g/mol. The maximum Gasteiger partial charge on any atom is 0.235 e. The molecule has 0 aliphatic carbocycles. The van der Waals surface area contributed by atoms with Crippen LogP contribution in [0.2, 0.25) is 0 Å². The first-order valence-electron chi connectivity index (χ1n) is 6.88. The number of amides is 1. The summed E-state index contributed by atoms with van der Waals surface area (Å²) in [5, 5.41) is 10.0. The Hall–Kier alpha value is -1.95. The second kappa shape index (κ2) is 5.81. The zero-order chi connectivity index (χ0) is 14.8. The molecule has 21 heavy (non-hydrogen) atoms. The second-order valence-corrected chi connectivity index (χ2v) is 5.91. The van der Waals surface area contributed by atoms with Gasteiger partial charge in [0.15, 0.2) is 5.82 Å². The van der Waals surface area contributed by atoms with Crippen molar-refractivity contribution in [3.63, 3.8) is 0 Å². The molecule has 6 heteroatoms. The van der Waals surface area contributed by atoms with E-state index in [2.05, 4.69) is 21.6 Å². The maximum atomic E-state index is 11.8. The molecule has 0 radical (unpaired) electrons. The number of fused-ring (bicyclic) bond motifs is 1. The van der Waals surface area contributed by atoms with E-state index in [1.807, 2.05) is 32.0 Å². The van der Waals surface area contributed by atoms with Gasteiger partial charge in [-0.15, -0.1) is 11.8 Å². The molecule has 0 spiro atoms. The number of aromatic nitrogens is 2. The van der Waals surface area contributed by atoms with E-state index in [0.717, 1.165) is 22.6 Å². The Labute approximate surface area is 127 Å². The van der Waals surface area contributed by atoms with Crippen molar-refractivity contribution in [1.29, 1.82) is 0 Å². The highest BCUT2D eigenvalue weighted by Gasteiger charge is 2.29. The van der Waals surface area contributed by atoms with E-state index in [4.69, 9.17) is 4.74 Å². The molecule has 1 atom stereocenters. The molecular formula is C15H17N3O2S. The lowest BCUT2D eigenvalue weighted by Crippen LogP contribution is -2.12. The summed E-state index contributed by atoms with van der Waals surface area (Å²) in [4.78, 5) is 11.8. The average molecular weight is 303 g/mol. The van der Waals surface area contributed by atoms with Crippen LogP contribution in [0.1, 0.15) is 29.0 Å². The number of benzene rings is 1. The lowest BCUT2D eigenvalue weighted by atomic mass is 10.0. The SMILES string of the molecule is CCOc1ccccc1[C@@H]1SCC(=O)Nc2n[nH]c(C)c21. The molecule has 0 bridgehead atoms. The minimum absolute atomic E-state index is 0.0239. The Morgan fingerprint density at radius 1 is 1.43 bits per heavy atom. The van der Waals surface area contributed by atoms with Gasteiger partial charge in [0.25, 0.3) is 0 Å². The number of hydrogen-bond donors (Lipinski definition) is 2. The van der Waals surface area contributed by atoms with Crippen molar-refractivity contribution in [3.8, 4) is 5.75 Å². The second-order valence-electron chi connectivity index (χ2n) is 4.82. The van der Waals surface area contributed by atoms with Crippen LogP contribution in [0.4, 0.5) is 5.82 Å². The third kappa shape index (κ3) is 2.63. The molecule has 0 fully saturated rings. The van der Waals surface area contributed by atoms with E-state index in [0.29, 0.717) is 18.2 Å². The van der Waals surface area contributed by atoms with Crippen LogP contribution in [-0.2, 0) is 4.79 Å². The molecule has 0 saturated heterocycles. The van der Waals surface area contributed by atoms with Crippen LogP contribution in [0.3, 0.4) is 0 Å². The minimum atomic E-state index is -0.0239. The van der Waals surface area contributed by atoms with Crippen LogP contribution < -0.4 is 10.1 Å². The lowest BCUT2D eigenvalue weighted by molar-refractivity contribution is -0.113. The molecule has 2 N–H and O–H groups in total. The van der Waals surface area contributed by atoms with E-state index >= 15 is 0 Å². The zero-order valence-electron chi connectivity index (χ0n) is 12.0. The van der Waals surface area contributed by atoms with Crippen molar-refractivity contribution in [2.45, 2.75) is 19.1 Å². The van der Waals surface area contributed by atoms with Crippen LogP contribution in [0.25, 0.3) is 0 Å². The number of para-hydroxylation sites is 1. The number of thioether (sulfide) groups is 1. The lowest BCUT2D eigenvalue weighted by Gasteiger charge is -2.18. The Kier molecular flexibility index (Phi) is 3.88. The van der Waals surface area contributed by atoms with Gasteiger partial charge >= 0.3 is 0 Å². The standard InChI is InChI=1S/C15H17N3O2S/c1-3-20-11-7-5-4-6-10(11)14-13-9(2)17-18-15(13)16-12(19)8-21-14/h4-7,14H,3,8H2,1-2H3,(H2,16,17,18,19)/t14-/m0/s1. The molecule has 0 saturated carbocycles. The van der Waals surface area contributed by atoms with Crippen molar-refractivity contribution in [2.75, 3.05) is 17.7 Å². The number of anilines is 1. The number of nitrogens with zero attached hydrogens (tertiary/aromatic N) is 1. The first-order chi connectivity index (χ1) is 10.2. The third-order valence-corrected chi connectivity index (χ3v) is 4.65. The third-order valence-electron chi connectivity index (χ3n) is 3.40. The summed E-state index contributed by atoms with van der Waals surface area (Å²) in [6.45, 7) is 4.56. The van der Waals surface area contributed by atoms with Gasteiger partial charge in [0.05, 0.1) is 17.6 Å². The number of aromatic amines is 1. The predicted molar refractivity (Wildman–Crippen MR) is 83.9 cm³/mol. The molecule has 1 aromatic carbocycles. The highest BCUT2D eigenvalue weighted by molar-refractivity contribution is 8.00. The molecule has 2 aromatic rings. The van der Waals surface area contributed by atoms with E-state index < -0.39 is 0 Å². The average Bonchev–Trinajstić information content (AvgIpc) is 2.74. The number of carbonyl (C=O) groups excluding carboxylic acids is 1. The van der Waals surface area contributed by atoms with Crippen molar-refractivity contribution in [1.82, 2.24) is 10.2 Å². The van der Waals surface area contributed by atoms with E-state index in [1.165, 1.54) is 0 Å². The molecule has 0 unspecified atom stereocenters. The Morgan fingerprint density at radius 3 is 3.05 bits per heavy atom. The van der Waals surface area contributed by atoms with Gasteiger partial charge in [0.1, 0.15) is 5.75 Å². The van der Waals surface area contributed by atoms with Crippen molar-refractivity contribution >= 4 is 23.5 Å². The van der Waals surface area contributed by atoms with E-state index in [1.54, 1.807) is 11.8 Å². The molecule has 1 amide bonds. The van der Waals surface area contributed by atoms with Crippen LogP contribution in [0, 0.1) is 6.92 Å². The molecule has 2 heterocycles. The summed E-state index contributed by atoms with van der Waals surface area (Å²) in [6.07, 6.45) is 0. The molecule has 1 aliphatic heterocycles. The quantitative estimate of drug-likeness (QED) is 0.915. The van der Waals surface area contributed by atoms with Gasteiger partial charge < -0.3 is 10.1 Å². The van der Waals surface area contributed by atoms with Crippen LogP contribution in [-0.4, -0.2) is 28.5 Å². The fourth-order valence-corrected chi connectivity index (χ4v) is 3.71. The number of aryl methyl sites for hydroxylation is 1. The normalized spacial score (nSPS) is 17.8. The number of nitrogens with one attached hydrogen (secondary N) is 2. The summed E-state index contributed by atoms with van der Waals surface area (Å²) >= 11 is 1.59. The van der Waals surface area contributed by atoms with Crippen LogP contribution >= 0.6 is 11.8 Å². The van der Waals surface area contributed by atoms with Gasteiger partial charge in [-0.1, -0.05) is 18.2 Å². The first-order valence-corrected chi connectivity index (χ1v) is 7.93. The minimum Gasteiger partial charge on any atom is -0.494 e. The van der Waals surface area contributed by atoms with E-state index in [-0.39, 0.29) is 11.2 Å². The molecule has 3 rings (SSSR count). The van der Waals surface area contributed by atoms with Gasteiger partial charge in [-0.05, 0) is 19.9 Å². The van der Waals surface area contributed by atoms with Gasteiger partial charge in [-0.25, -0.2) is 0 Å². The van der Waals surface area contributed by atoms with Crippen LogP contribution in [0.15, 0.2) is 24.3 Å². The van der Waals surface area contributed by atoms with E-state index in [9.17, 15) is 4.79 Å². The maximum absolute atomic E-state index is 11.8. The van der Waals surface area contributed by atoms with Crippen molar-refractivity contribution in [2.24, 2.45) is 0 Å². The fraction of sp³-hybridized carbons (Fsp3) is 0.333. The summed E-state index contributed by atoms with van der Waals surface area (Å²) in [5.74, 6) is 1.86. The van der Waals surface area contributed by atoms with Gasteiger partial charge in [0, 0.05) is 16.8 Å². The molecule has 110 valence electrons. The van der Waals surface area contributed by atoms with Crippen molar-refractivity contribution < 1.29 is 9.53 Å². The number of hydrogen-bond acceptors (Lipinski definition) is 4. The van der Waals surface area contributed by atoms with Crippen LogP contribution in [0.5, 0.6) is 5.75 Å². The van der Waals surface area contributed by atoms with Gasteiger partial charge in [0.2, 0.25) is 5.91 Å². The monoisotopic (exact) mass is 303 g/mol. The Morgan fingerprint density at radius 2 is 2.24 bits per heavy atom. The number of rotatable bonds is 3. The Balaban J connectivity index is 2.10. The summed E-state index contributed by atoms with van der Waals surface area (Å²) in [5.41, 5.74) is 3.07. The fourth-order valence-electron chi connectivity index (χ4n) is 2.49. The zero-order valence-corrected chi connectivity index (χ0v) is 12.8. The highest BCUT2D eigenvalue weighted by atomic mass is 32.2. The summed E-state index contributed by atoms with van der Waals surface area (Å²) < 4.78 is 5.74. The topological polar surface area (TPSA) is 67.0 Å². The first kappa shape index (κ1) is 14.0. The molecule has 1 aromatic heterocycles. The largest absolute Gasteiger partial charge is 0.494 e. The smallest absolute Gasteiger partial charge is 0.235 e. The Bertz CT molecular complexity index is 669. The predicted octanol–water partition coefficient (Wildman–Crippen LogP) is 2.89. The number of carbonyl (C=O) groups is 1. The summed E-state index contributed by atoms with van der Waals surface area (Å²) in [6, 6.07) is 7.97. The van der Waals surface area contributed by atoms with Gasteiger partial charge in [-0.3, -0.25) is 9.89 Å². The highest BCUT2D eigenvalue weighted by Crippen LogP contribution is 2.45. The van der Waals surface area contributed by atoms with Gasteiger partial charge in [-0.2, -0.15) is 5.10 Å². The molecule has 1 aliphatic rings. The molecule has 5 nitrogen and oxygen atoms in total. The summed E-state index contributed by atoms with van der Waals surface area (Å²) in [7, 11) is 0. The number of H-pyrrole nitrogens is 1. The van der Waals surface area contributed by atoms with Crippen molar-refractivity contribution in [3.05, 3.63) is 41.1 Å².